The van der Waals surface area contributed by atoms with E-state index in [1.165, 1.54) is 48.8 Å². The van der Waals surface area contributed by atoms with Crippen molar-refractivity contribution in [1.82, 2.24) is 15.3 Å². The number of rotatable bonds is 3. The molecule has 0 spiro atoms. The molecule has 1 aliphatic rings. The zero-order chi connectivity index (χ0) is 22.2. The number of nitrogens with zero attached hydrogens (tertiary/aromatic N) is 2. The number of allylic oxidation sites excluding steroid dienone is 1. The molecule has 3 aromatic rings. The second-order valence-electron chi connectivity index (χ2n) is 6.71. The highest BCUT2D eigenvalue weighted by Gasteiger charge is 2.45. The maximum atomic E-state index is 13.8. The van der Waals surface area contributed by atoms with E-state index in [0.29, 0.717) is 5.56 Å². The topological polar surface area (TPSA) is 92.2 Å². The van der Waals surface area contributed by atoms with Crippen LogP contribution in [-0.4, -0.2) is 32.9 Å². The van der Waals surface area contributed by atoms with E-state index in [2.05, 4.69) is 9.97 Å². The third-order valence-electron chi connectivity index (χ3n) is 4.73. The minimum absolute atomic E-state index is 0.0700. The summed E-state index contributed by atoms with van der Waals surface area (Å²) in [4.78, 5) is 33.7. The van der Waals surface area contributed by atoms with Crippen LogP contribution >= 0.6 is 0 Å². The number of pyridine rings is 2. The molecule has 1 aliphatic heterocycles. The lowest BCUT2D eigenvalue weighted by molar-refractivity contribution is -0.0973. The van der Waals surface area contributed by atoms with Crippen molar-refractivity contribution in [2.45, 2.75) is 12.3 Å². The van der Waals surface area contributed by atoms with Crippen LogP contribution in [0.4, 0.5) is 13.2 Å². The van der Waals surface area contributed by atoms with E-state index < -0.39 is 35.2 Å². The number of benzene rings is 1. The van der Waals surface area contributed by atoms with E-state index >= 15 is 0 Å². The van der Waals surface area contributed by atoms with Gasteiger partial charge < -0.3 is 10.4 Å². The Labute approximate surface area is 174 Å². The van der Waals surface area contributed by atoms with Gasteiger partial charge in [-0.3, -0.25) is 14.6 Å². The Morgan fingerprint density at radius 2 is 1.77 bits per heavy atom. The van der Waals surface area contributed by atoms with Crippen LogP contribution < -0.4 is 5.32 Å². The molecule has 156 valence electrons. The molecular weight excluding hydrogens is 411 g/mol. The highest BCUT2D eigenvalue weighted by Crippen LogP contribution is 2.37. The molecule has 0 bridgehead atoms. The van der Waals surface area contributed by atoms with Gasteiger partial charge >= 0.3 is 6.18 Å². The van der Waals surface area contributed by atoms with Crippen LogP contribution in [0.1, 0.15) is 32.5 Å². The van der Waals surface area contributed by atoms with Crippen molar-refractivity contribution in [1.29, 1.82) is 0 Å². The summed E-state index contributed by atoms with van der Waals surface area (Å²) >= 11 is 0. The summed E-state index contributed by atoms with van der Waals surface area (Å²) < 4.78 is 41.4. The van der Waals surface area contributed by atoms with Crippen molar-refractivity contribution in [3.8, 4) is 11.3 Å². The Morgan fingerprint density at radius 1 is 1.03 bits per heavy atom. The SMILES string of the molecule is O=C(C1=C(C(F)(F)F)NC(=O)c2ccc(-c3cccnc3)nc2C1O)c1ccccc1. The third kappa shape index (κ3) is 3.82. The molecule has 3 heterocycles. The number of ketones is 1. The molecule has 0 saturated heterocycles. The molecule has 0 aliphatic carbocycles. The van der Waals surface area contributed by atoms with Crippen LogP contribution in [0.15, 0.2) is 78.3 Å². The summed E-state index contributed by atoms with van der Waals surface area (Å²) in [6.07, 6.45) is -4.17. The van der Waals surface area contributed by atoms with Gasteiger partial charge in [0.05, 0.1) is 22.5 Å². The number of aromatic nitrogens is 2. The van der Waals surface area contributed by atoms with Crippen molar-refractivity contribution in [3.63, 3.8) is 0 Å². The minimum Gasteiger partial charge on any atom is -0.382 e. The van der Waals surface area contributed by atoms with Crippen LogP contribution in [0.3, 0.4) is 0 Å². The van der Waals surface area contributed by atoms with Crippen LogP contribution in [-0.2, 0) is 0 Å². The van der Waals surface area contributed by atoms with E-state index in [0.717, 1.165) is 0 Å². The summed E-state index contributed by atoms with van der Waals surface area (Å²) in [5.41, 5.74) is -2.49. The first-order chi connectivity index (χ1) is 14.8. The number of amides is 1. The lowest BCUT2D eigenvalue weighted by Crippen LogP contribution is -2.33. The molecule has 0 fully saturated rings. The molecule has 0 saturated carbocycles. The highest BCUT2D eigenvalue weighted by atomic mass is 19.4. The maximum Gasteiger partial charge on any atom is 0.431 e. The number of carbonyl (C=O) groups is 2. The van der Waals surface area contributed by atoms with Crippen molar-refractivity contribution >= 4 is 11.7 Å². The number of carbonyl (C=O) groups excluding carboxylic acids is 2. The quantitative estimate of drug-likeness (QED) is 0.626. The fourth-order valence-electron chi connectivity index (χ4n) is 3.28. The van der Waals surface area contributed by atoms with E-state index in [1.54, 1.807) is 23.5 Å². The molecule has 1 unspecified atom stereocenters. The van der Waals surface area contributed by atoms with E-state index in [9.17, 15) is 27.9 Å². The maximum absolute atomic E-state index is 13.8. The van der Waals surface area contributed by atoms with E-state index in [-0.39, 0.29) is 22.5 Å². The summed E-state index contributed by atoms with van der Waals surface area (Å²) in [5.74, 6) is -2.19. The van der Waals surface area contributed by atoms with E-state index in [4.69, 9.17) is 0 Å². The molecule has 31 heavy (non-hydrogen) atoms. The fraction of sp³-hybridized carbons (Fsp3) is 0.0909. The van der Waals surface area contributed by atoms with Gasteiger partial charge in [0, 0.05) is 23.5 Å². The molecule has 9 heteroatoms. The standard InChI is InChI=1S/C22H14F3N3O3/c23-22(24,25)20-16(18(29)12-5-2-1-3-6-12)19(30)17-14(21(31)28-20)8-9-15(27-17)13-7-4-10-26-11-13/h1-11,19,30H,(H,28,31). The summed E-state index contributed by atoms with van der Waals surface area (Å²) in [7, 11) is 0. The van der Waals surface area contributed by atoms with Gasteiger partial charge in [-0.05, 0) is 24.3 Å². The second kappa shape index (κ2) is 7.77. The van der Waals surface area contributed by atoms with Crippen molar-refractivity contribution < 1.29 is 27.9 Å². The van der Waals surface area contributed by atoms with Gasteiger partial charge in [0.2, 0.25) is 0 Å². The number of aliphatic hydroxyl groups is 1. The van der Waals surface area contributed by atoms with Gasteiger partial charge in [0.1, 0.15) is 11.8 Å². The minimum atomic E-state index is -5.09. The fourth-order valence-corrected chi connectivity index (χ4v) is 3.28. The first kappa shape index (κ1) is 20.4. The van der Waals surface area contributed by atoms with E-state index in [1.807, 2.05) is 0 Å². The smallest absolute Gasteiger partial charge is 0.382 e. The Balaban J connectivity index is 1.92. The van der Waals surface area contributed by atoms with Gasteiger partial charge in [0.15, 0.2) is 5.78 Å². The molecule has 2 N–H and O–H groups in total. The van der Waals surface area contributed by atoms with Crippen LogP contribution in [0.25, 0.3) is 11.3 Å². The average Bonchev–Trinajstić information content (AvgIpc) is 2.89. The van der Waals surface area contributed by atoms with Gasteiger partial charge in [0.25, 0.3) is 5.91 Å². The Morgan fingerprint density at radius 3 is 2.42 bits per heavy atom. The summed E-state index contributed by atoms with van der Waals surface area (Å²) in [6, 6.07) is 13.2. The Hall–Kier alpha value is -3.85. The number of halogens is 3. The predicted molar refractivity (Wildman–Crippen MR) is 104 cm³/mol. The van der Waals surface area contributed by atoms with Gasteiger partial charge in [-0.15, -0.1) is 0 Å². The number of Topliss-reactive ketones (excluding diaryl/α,β-unsaturated/α-hetero) is 1. The predicted octanol–water partition coefficient (Wildman–Crippen LogP) is 3.62. The van der Waals surface area contributed by atoms with Crippen molar-refractivity contribution in [2.24, 2.45) is 0 Å². The van der Waals surface area contributed by atoms with Crippen LogP contribution in [0.2, 0.25) is 0 Å². The molecule has 6 nitrogen and oxygen atoms in total. The summed E-state index contributed by atoms with van der Waals surface area (Å²) in [6.45, 7) is 0. The second-order valence-corrected chi connectivity index (χ2v) is 6.71. The van der Waals surface area contributed by atoms with Gasteiger partial charge in [-0.25, -0.2) is 4.98 Å². The molecule has 0 radical (unpaired) electrons. The van der Waals surface area contributed by atoms with Gasteiger partial charge in [-0.1, -0.05) is 30.3 Å². The Kier molecular flexibility index (Phi) is 5.12. The first-order valence-electron chi connectivity index (χ1n) is 9.09. The van der Waals surface area contributed by atoms with Crippen LogP contribution in [0, 0.1) is 0 Å². The van der Waals surface area contributed by atoms with Gasteiger partial charge in [-0.2, -0.15) is 13.2 Å². The number of aliphatic hydroxyl groups excluding tert-OH is 1. The van der Waals surface area contributed by atoms with Crippen molar-refractivity contribution in [3.05, 3.63) is 95.1 Å². The number of fused-ring (bicyclic) bond motifs is 1. The summed E-state index contributed by atoms with van der Waals surface area (Å²) in [5, 5.41) is 12.7. The molecule has 1 aromatic carbocycles. The normalized spacial score (nSPS) is 16.4. The number of hydrogen-bond acceptors (Lipinski definition) is 5. The molecular formula is C22H14F3N3O3. The van der Waals surface area contributed by atoms with Crippen LogP contribution in [0.5, 0.6) is 0 Å². The first-order valence-corrected chi connectivity index (χ1v) is 9.09. The van der Waals surface area contributed by atoms with Crippen molar-refractivity contribution in [2.75, 3.05) is 0 Å². The Bertz CT molecular complexity index is 1190. The molecule has 1 amide bonds. The highest BCUT2D eigenvalue weighted by molar-refractivity contribution is 6.11. The molecule has 2 aromatic heterocycles. The third-order valence-corrected chi connectivity index (χ3v) is 4.73. The largest absolute Gasteiger partial charge is 0.431 e. The number of alkyl halides is 3. The zero-order valence-corrected chi connectivity index (χ0v) is 15.7. The number of hydrogen-bond donors (Lipinski definition) is 2. The lowest BCUT2D eigenvalue weighted by atomic mass is 9.93. The zero-order valence-electron chi connectivity index (χ0n) is 15.7. The number of nitrogens with one attached hydrogen (secondary N) is 1. The average molecular weight is 425 g/mol. The lowest BCUT2D eigenvalue weighted by Gasteiger charge is -2.18. The monoisotopic (exact) mass is 425 g/mol. The molecule has 1 atom stereocenters. The molecule has 4 rings (SSSR count).